The first-order valence-corrected chi connectivity index (χ1v) is 9.11. The predicted molar refractivity (Wildman–Crippen MR) is 110 cm³/mol. The van der Waals surface area contributed by atoms with Gasteiger partial charge < -0.3 is 20.1 Å². The highest BCUT2D eigenvalue weighted by Gasteiger charge is 2.26. The molecule has 28 heavy (non-hydrogen) atoms. The first-order valence-electron chi connectivity index (χ1n) is 7.51. The Balaban J connectivity index is 2.33. The second-order valence-electron chi connectivity index (χ2n) is 5.24. The zero-order valence-corrected chi connectivity index (χ0v) is 17.2. The number of nitro groups is 1. The fraction of sp³-hybridized carbons (Fsp3) is 0.188. The van der Waals surface area contributed by atoms with Crippen LogP contribution in [0, 0.1) is 17.0 Å². The third-order valence-corrected chi connectivity index (χ3v) is 5.26. The average Bonchev–Trinajstić information content (AvgIpc) is 2.97. The fourth-order valence-corrected chi connectivity index (χ4v) is 3.78. The number of nitro benzene ring substituents is 1. The summed E-state index contributed by atoms with van der Waals surface area (Å²) in [4.78, 5) is 34.6. The largest absolute Gasteiger partial charge is 0.465 e. The summed E-state index contributed by atoms with van der Waals surface area (Å²) in [5, 5.41) is 16.9. The summed E-state index contributed by atoms with van der Waals surface area (Å²) in [6.45, 7) is 1.58. The molecule has 0 aliphatic heterocycles. The van der Waals surface area contributed by atoms with Gasteiger partial charge in [-0.05, 0) is 30.8 Å². The second-order valence-corrected chi connectivity index (χ2v) is 7.08. The Morgan fingerprint density at radius 3 is 2.43 bits per heavy atom. The summed E-state index contributed by atoms with van der Waals surface area (Å²) in [7, 11) is 2.43. The van der Waals surface area contributed by atoms with Crippen LogP contribution in [-0.4, -0.2) is 36.2 Å². The number of halogens is 1. The number of methoxy groups -OCH3 is 2. The molecule has 0 atom stereocenters. The van der Waals surface area contributed by atoms with Crippen molar-refractivity contribution in [2.45, 2.75) is 6.92 Å². The molecular weight excluding hydrogens is 430 g/mol. The molecule has 0 fully saturated rings. The Hall–Kier alpha value is -2.76. The molecule has 0 saturated carbocycles. The third kappa shape index (κ3) is 4.55. The van der Waals surface area contributed by atoms with Crippen LogP contribution < -0.4 is 10.6 Å². The number of hydrogen-bond acceptors (Lipinski definition) is 8. The number of carbonyl (C=O) groups excluding carboxylic acids is 2. The van der Waals surface area contributed by atoms with Gasteiger partial charge in [-0.3, -0.25) is 10.1 Å². The van der Waals surface area contributed by atoms with Gasteiger partial charge in [-0.25, -0.2) is 9.59 Å². The Morgan fingerprint density at radius 1 is 1.21 bits per heavy atom. The summed E-state index contributed by atoms with van der Waals surface area (Å²) < 4.78 is 9.47. The van der Waals surface area contributed by atoms with Crippen LogP contribution in [0.4, 0.5) is 16.4 Å². The summed E-state index contributed by atoms with van der Waals surface area (Å²) in [6, 6.07) is 3.83. The molecule has 148 valence electrons. The Kier molecular flexibility index (Phi) is 6.89. The van der Waals surface area contributed by atoms with Crippen LogP contribution >= 0.6 is 35.2 Å². The van der Waals surface area contributed by atoms with Crippen LogP contribution in [0.3, 0.4) is 0 Å². The molecule has 2 rings (SSSR count). The lowest BCUT2D eigenvalue weighted by molar-refractivity contribution is -0.384. The van der Waals surface area contributed by atoms with Gasteiger partial charge in [0, 0.05) is 12.1 Å². The summed E-state index contributed by atoms with van der Waals surface area (Å²) >= 11 is 12.2. The first kappa shape index (κ1) is 21.5. The molecule has 12 heteroatoms. The van der Waals surface area contributed by atoms with E-state index in [-0.39, 0.29) is 37.0 Å². The molecule has 0 aliphatic carbocycles. The minimum atomic E-state index is -0.664. The molecule has 1 aromatic heterocycles. The molecule has 0 saturated heterocycles. The molecular formula is C16H14ClN3O6S2. The van der Waals surface area contributed by atoms with Crippen molar-refractivity contribution < 1.29 is 24.0 Å². The second kappa shape index (κ2) is 8.95. The van der Waals surface area contributed by atoms with Gasteiger partial charge >= 0.3 is 11.9 Å². The quantitative estimate of drug-likeness (QED) is 0.305. The van der Waals surface area contributed by atoms with E-state index in [1.807, 2.05) is 0 Å². The van der Waals surface area contributed by atoms with E-state index in [1.165, 1.54) is 32.4 Å². The zero-order chi connectivity index (χ0) is 21.0. The lowest BCUT2D eigenvalue weighted by Crippen LogP contribution is -2.20. The lowest BCUT2D eigenvalue weighted by atomic mass is 10.1. The number of thiophene rings is 1. The van der Waals surface area contributed by atoms with Gasteiger partial charge in [-0.15, -0.1) is 11.3 Å². The number of ether oxygens (including phenoxy) is 2. The number of hydrogen-bond donors (Lipinski definition) is 2. The number of nitrogens with one attached hydrogen (secondary N) is 2. The highest BCUT2D eigenvalue weighted by atomic mass is 35.5. The highest BCUT2D eigenvalue weighted by Crippen LogP contribution is 2.34. The molecule has 1 heterocycles. The molecule has 2 aromatic rings. The van der Waals surface area contributed by atoms with Crippen molar-refractivity contribution in [3.63, 3.8) is 0 Å². The van der Waals surface area contributed by atoms with Crippen molar-refractivity contribution >= 4 is 68.6 Å². The van der Waals surface area contributed by atoms with Crippen LogP contribution in [0.25, 0.3) is 0 Å². The van der Waals surface area contributed by atoms with E-state index in [0.717, 1.165) is 11.3 Å². The molecule has 9 nitrogen and oxygen atoms in total. The maximum Gasteiger partial charge on any atom is 0.348 e. The third-order valence-electron chi connectivity index (χ3n) is 3.54. The Bertz CT molecular complexity index is 976. The molecule has 1 aromatic carbocycles. The number of carbonyl (C=O) groups is 2. The molecule has 0 aliphatic rings. The standard InChI is InChI=1S/C16H14ClN3O6S2/c1-7-11(14(21)25-2)13(28-12(7)15(22)26-3)19-16(27)18-10-6-8(20(23)24)4-5-9(10)17/h4-6H,1-3H3,(H2,18,19,27). The normalized spacial score (nSPS) is 10.1. The van der Waals surface area contributed by atoms with Crippen molar-refractivity contribution in [2.75, 3.05) is 24.9 Å². The van der Waals surface area contributed by atoms with E-state index in [1.54, 1.807) is 6.92 Å². The average molecular weight is 444 g/mol. The topological polar surface area (TPSA) is 120 Å². The van der Waals surface area contributed by atoms with Gasteiger partial charge in [0.05, 0.1) is 35.4 Å². The van der Waals surface area contributed by atoms with E-state index in [4.69, 9.17) is 33.3 Å². The van der Waals surface area contributed by atoms with Crippen molar-refractivity contribution in [2.24, 2.45) is 0 Å². The number of esters is 2. The van der Waals surface area contributed by atoms with Crippen molar-refractivity contribution in [3.05, 3.63) is 49.3 Å². The van der Waals surface area contributed by atoms with E-state index in [2.05, 4.69) is 10.6 Å². The number of nitrogens with zero attached hydrogens (tertiary/aromatic N) is 1. The van der Waals surface area contributed by atoms with E-state index >= 15 is 0 Å². The van der Waals surface area contributed by atoms with Crippen molar-refractivity contribution in [1.82, 2.24) is 0 Å². The van der Waals surface area contributed by atoms with E-state index in [9.17, 15) is 19.7 Å². The Morgan fingerprint density at radius 2 is 1.86 bits per heavy atom. The van der Waals surface area contributed by atoms with Gasteiger partial charge in [-0.1, -0.05) is 11.6 Å². The molecule has 0 bridgehead atoms. The predicted octanol–water partition coefficient (Wildman–Crippen LogP) is 4.00. The van der Waals surface area contributed by atoms with Crippen LogP contribution in [0.5, 0.6) is 0 Å². The summed E-state index contributed by atoms with van der Waals surface area (Å²) in [5.74, 6) is -1.27. The molecule has 0 unspecified atom stereocenters. The minimum Gasteiger partial charge on any atom is -0.465 e. The SMILES string of the molecule is COC(=O)c1sc(NC(=S)Nc2cc([N+](=O)[O-])ccc2Cl)c(C(=O)OC)c1C. The van der Waals surface area contributed by atoms with Crippen molar-refractivity contribution in [1.29, 1.82) is 0 Å². The Labute approximate surface area is 173 Å². The highest BCUT2D eigenvalue weighted by molar-refractivity contribution is 7.80. The zero-order valence-electron chi connectivity index (χ0n) is 14.8. The van der Waals surface area contributed by atoms with Crippen LogP contribution in [-0.2, 0) is 9.47 Å². The monoisotopic (exact) mass is 443 g/mol. The maximum atomic E-state index is 12.1. The molecule has 0 amide bonds. The molecule has 0 spiro atoms. The van der Waals surface area contributed by atoms with E-state index in [0.29, 0.717) is 5.56 Å². The van der Waals surface area contributed by atoms with Crippen LogP contribution in [0.2, 0.25) is 5.02 Å². The number of rotatable bonds is 5. The number of anilines is 2. The van der Waals surface area contributed by atoms with E-state index < -0.39 is 16.9 Å². The maximum absolute atomic E-state index is 12.1. The summed E-state index contributed by atoms with van der Waals surface area (Å²) in [5.41, 5.74) is 0.531. The number of non-ortho nitro benzene ring substituents is 1. The minimum absolute atomic E-state index is 0.00483. The smallest absolute Gasteiger partial charge is 0.348 e. The van der Waals surface area contributed by atoms with Crippen LogP contribution in [0.15, 0.2) is 18.2 Å². The van der Waals surface area contributed by atoms with Crippen LogP contribution in [0.1, 0.15) is 25.6 Å². The lowest BCUT2D eigenvalue weighted by Gasteiger charge is -2.11. The van der Waals surface area contributed by atoms with Gasteiger partial charge in [0.1, 0.15) is 9.88 Å². The summed E-state index contributed by atoms with van der Waals surface area (Å²) in [6.07, 6.45) is 0. The van der Waals surface area contributed by atoms with Gasteiger partial charge in [0.25, 0.3) is 5.69 Å². The van der Waals surface area contributed by atoms with Gasteiger partial charge in [0.15, 0.2) is 5.11 Å². The van der Waals surface area contributed by atoms with Gasteiger partial charge in [0.2, 0.25) is 0 Å². The van der Waals surface area contributed by atoms with Gasteiger partial charge in [-0.2, -0.15) is 0 Å². The van der Waals surface area contributed by atoms with Crippen molar-refractivity contribution in [3.8, 4) is 0 Å². The number of benzene rings is 1. The molecule has 2 N–H and O–H groups in total. The number of thiocarbonyl (C=S) groups is 1. The fourth-order valence-electron chi connectivity index (χ4n) is 2.22. The molecule has 0 radical (unpaired) electrons. The first-order chi connectivity index (χ1) is 13.2.